The minimum Gasteiger partial charge on any atom is -0.736 e. The van der Waals surface area contributed by atoms with Crippen molar-refractivity contribution in [2.75, 3.05) is 5.32 Å². The van der Waals surface area contributed by atoms with Gasteiger partial charge in [0, 0.05) is 29.8 Å². The summed E-state index contributed by atoms with van der Waals surface area (Å²) in [4.78, 5) is 36.3. The average Bonchev–Trinajstić information content (AvgIpc) is 2.70. The van der Waals surface area contributed by atoms with E-state index in [1.165, 1.54) is 19.1 Å². The van der Waals surface area contributed by atoms with Gasteiger partial charge in [-0.15, -0.1) is 0 Å². The van der Waals surface area contributed by atoms with Gasteiger partial charge < -0.3 is 19.3 Å². The molecule has 1 unspecified atom stereocenters. The smallest absolute Gasteiger partial charge is 0.736 e. The normalized spacial score (nSPS) is 12.1. The standard InChI is InChI=1S/C23H22NO6P.Na/c1-15-12-19(22(26)18-8-5-4-6-9-18)13-16(2)23(15)30-31(27,28)29-21-11-7-10-20(14-21)24-17(3)25;/h4-14H,1-3H3,(H,24,25)(H,27,28);/q;+1/p-1. The van der Waals surface area contributed by atoms with Gasteiger partial charge in [0.25, 0.3) is 0 Å². The third-order valence-electron chi connectivity index (χ3n) is 4.33. The molecule has 0 saturated carbocycles. The molecular weight excluding hydrogens is 440 g/mol. The van der Waals surface area contributed by atoms with Gasteiger partial charge in [-0.2, -0.15) is 0 Å². The Hall–Kier alpha value is -2.41. The molecule has 0 aliphatic rings. The third-order valence-corrected chi connectivity index (χ3v) is 5.17. The summed E-state index contributed by atoms with van der Waals surface area (Å²) in [6.45, 7) is 4.65. The van der Waals surface area contributed by atoms with E-state index in [0.29, 0.717) is 27.9 Å². The second-order valence-corrected chi connectivity index (χ2v) is 8.23. The van der Waals surface area contributed by atoms with Crippen molar-refractivity contribution in [2.24, 2.45) is 0 Å². The van der Waals surface area contributed by atoms with Crippen molar-refractivity contribution >= 4 is 25.2 Å². The number of carbonyl (C=O) groups excluding carboxylic acids is 2. The number of anilines is 1. The molecule has 0 fully saturated rings. The number of ketones is 1. The number of hydrogen-bond donors (Lipinski definition) is 1. The van der Waals surface area contributed by atoms with Crippen molar-refractivity contribution in [2.45, 2.75) is 20.8 Å². The molecule has 3 rings (SSSR count). The van der Waals surface area contributed by atoms with Crippen LogP contribution in [0, 0.1) is 13.8 Å². The fourth-order valence-corrected chi connectivity index (χ4v) is 4.00. The van der Waals surface area contributed by atoms with Crippen LogP contribution in [-0.2, 0) is 9.36 Å². The van der Waals surface area contributed by atoms with Crippen LogP contribution in [0.25, 0.3) is 0 Å². The molecule has 0 aliphatic heterocycles. The number of rotatable bonds is 7. The van der Waals surface area contributed by atoms with E-state index in [1.54, 1.807) is 62.4 Å². The Bertz CT molecular complexity index is 1160. The minimum atomic E-state index is -4.79. The number of phosphoric ester groups is 1. The summed E-state index contributed by atoms with van der Waals surface area (Å²) in [7, 11) is -4.79. The molecule has 0 radical (unpaired) electrons. The predicted molar refractivity (Wildman–Crippen MR) is 115 cm³/mol. The molecule has 160 valence electrons. The van der Waals surface area contributed by atoms with Gasteiger partial charge in [-0.3, -0.25) is 9.59 Å². The molecule has 0 aromatic heterocycles. The average molecular weight is 461 g/mol. The zero-order valence-electron chi connectivity index (χ0n) is 18.2. The first kappa shape index (κ1) is 25.8. The van der Waals surface area contributed by atoms with Crippen molar-refractivity contribution in [1.29, 1.82) is 0 Å². The molecule has 3 aromatic rings. The van der Waals surface area contributed by atoms with Gasteiger partial charge in [0.1, 0.15) is 11.5 Å². The molecule has 0 heterocycles. The molecule has 1 N–H and O–H groups in total. The van der Waals surface area contributed by atoms with Gasteiger partial charge in [0.2, 0.25) is 5.91 Å². The summed E-state index contributed by atoms with van der Waals surface area (Å²) in [5, 5.41) is 2.55. The first-order chi connectivity index (χ1) is 14.6. The Morgan fingerprint density at radius 3 is 2.09 bits per heavy atom. The first-order valence-electron chi connectivity index (χ1n) is 9.43. The van der Waals surface area contributed by atoms with Crippen molar-refractivity contribution in [3.63, 3.8) is 0 Å². The van der Waals surface area contributed by atoms with Crippen LogP contribution >= 0.6 is 7.82 Å². The van der Waals surface area contributed by atoms with E-state index in [9.17, 15) is 19.0 Å². The van der Waals surface area contributed by atoms with E-state index in [-0.39, 0.29) is 52.7 Å². The fourth-order valence-electron chi connectivity index (χ4n) is 3.07. The number of nitrogens with one attached hydrogen (secondary N) is 1. The first-order valence-corrected chi connectivity index (χ1v) is 10.9. The zero-order chi connectivity index (χ0) is 22.6. The summed E-state index contributed by atoms with van der Waals surface area (Å²) in [6.07, 6.45) is 0. The van der Waals surface area contributed by atoms with Gasteiger partial charge in [0.15, 0.2) is 5.78 Å². The topological polar surface area (TPSA) is 105 Å². The number of aryl methyl sites for hydroxylation is 2. The number of amides is 1. The molecule has 0 saturated heterocycles. The predicted octanol–water partition coefficient (Wildman–Crippen LogP) is 1.42. The van der Waals surface area contributed by atoms with E-state index < -0.39 is 7.82 Å². The summed E-state index contributed by atoms with van der Waals surface area (Å²) < 4.78 is 22.7. The van der Waals surface area contributed by atoms with E-state index in [4.69, 9.17) is 9.05 Å². The summed E-state index contributed by atoms with van der Waals surface area (Å²) >= 11 is 0. The van der Waals surface area contributed by atoms with Gasteiger partial charge in [-0.05, 0) is 49.2 Å². The van der Waals surface area contributed by atoms with Crippen LogP contribution in [-0.4, -0.2) is 11.7 Å². The van der Waals surface area contributed by atoms with Gasteiger partial charge in [-0.25, -0.2) is 4.57 Å². The molecule has 3 aromatic carbocycles. The van der Waals surface area contributed by atoms with Crippen LogP contribution in [0.1, 0.15) is 34.0 Å². The molecule has 1 atom stereocenters. The maximum Gasteiger partial charge on any atom is 1.00 e. The zero-order valence-corrected chi connectivity index (χ0v) is 21.1. The van der Waals surface area contributed by atoms with Gasteiger partial charge in [0.05, 0.1) is 0 Å². The quantitative estimate of drug-likeness (QED) is 0.324. The molecule has 7 nitrogen and oxygen atoms in total. The molecule has 0 aliphatic carbocycles. The number of carbonyl (C=O) groups is 2. The van der Waals surface area contributed by atoms with Crippen LogP contribution in [0.15, 0.2) is 66.7 Å². The SMILES string of the molecule is CC(=O)Nc1cccc(OP(=O)([O-])Oc2c(C)cc(C(=O)c3ccccc3)cc2C)c1.[Na+]. The van der Waals surface area contributed by atoms with Gasteiger partial charge >= 0.3 is 37.4 Å². The van der Waals surface area contributed by atoms with E-state index in [0.717, 1.165) is 0 Å². The Labute approximate surface area is 208 Å². The molecular formula is C23H21NNaO6P. The molecule has 0 bridgehead atoms. The van der Waals surface area contributed by atoms with Gasteiger partial charge in [-0.1, -0.05) is 36.4 Å². The monoisotopic (exact) mass is 461 g/mol. The molecule has 32 heavy (non-hydrogen) atoms. The number of hydrogen-bond acceptors (Lipinski definition) is 6. The van der Waals surface area contributed by atoms with Crippen LogP contribution in [0.3, 0.4) is 0 Å². The Kier molecular flexibility index (Phi) is 8.84. The maximum atomic E-state index is 12.7. The van der Waals surface area contributed by atoms with Crippen molar-refractivity contribution in [3.8, 4) is 11.5 Å². The minimum absolute atomic E-state index is 0. The fraction of sp³-hybridized carbons (Fsp3) is 0.130. The molecule has 0 spiro atoms. The second-order valence-electron chi connectivity index (χ2n) is 6.97. The van der Waals surface area contributed by atoms with E-state index in [1.807, 2.05) is 6.07 Å². The van der Waals surface area contributed by atoms with Crippen LogP contribution in [0.5, 0.6) is 11.5 Å². The Morgan fingerprint density at radius 2 is 1.50 bits per heavy atom. The van der Waals surface area contributed by atoms with Crippen LogP contribution in [0.4, 0.5) is 5.69 Å². The molecule has 1 amide bonds. The largest absolute Gasteiger partial charge is 1.00 e. The third kappa shape index (κ3) is 6.79. The molecule has 9 heteroatoms. The number of benzene rings is 3. The number of phosphoric acid groups is 1. The summed E-state index contributed by atoms with van der Waals surface area (Å²) in [6, 6.07) is 17.9. The second kappa shape index (κ2) is 10.9. The Morgan fingerprint density at radius 1 is 0.875 bits per heavy atom. The van der Waals surface area contributed by atoms with Crippen molar-refractivity contribution in [1.82, 2.24) is 0 Å². The van der Waals surface area contributed by atoms with E-state index >= 15 is 0 Å². The van der Waals surface area contributed by atoms with Crippen molar-refractivity contribution < 1.29 is 57.7 Å². The maximum absolute atomic E-state index is 12.7. The van der Waals surface area contributed by atoms with E-state index in [2.05, 4.69) is 5.32 Å². The summed E-state index contributed by atoms with van der Waals surface area (Å²) in [5.41, 5.74) is 2.31. The summed E-state index contributed by atoms with van der Waals surface area (Å²) in [5.74, 6) is -0.374. The Balaban J connectivity index is 0.00000363. The van der Waals surface area contributed by atoms with Crippen LogP contribution < -0.4 is 48.8 Å². The van der Waals surface area contributed by atoms with Crippen molar-refractivity contribution in [3.05, 3.63) is 89.0 Å². The van der Waals surface area contributed by atoms with Crippen LogP contribution in [0.2, 0.25) is 0 Å².